The van der Waals surface area contributed by atoms with Gasteiger partial charge >= 0.3 is 5.97 Å². The number of unbranched alkanes of at least 4 members (excludes halogenated alkanes) is 56. The normalized spacial score (nSPS) is 12.6. The smallest absolute Gasteiger partial charge is 0.305 e. The van der Waals surface area contributed by atoms with Gasteiger partial charge in [-0.2, -0.15) is 0 Å². The molecule has 0 aromatic rings. The summed E-state index contributed by atoms with van der Waals surface area (Å²) in [6.07, 6.45) is 88.4. The van der Waals surface area contributed by atoms with Crippen LogP contribution < -0.4 is 5.32 Å². The van der Waals surface area contributed by atoms with Crippen LogP contribution in [0.3, 0.4) is 0 Å². The summed E-state index contributed by atoms with van der Waals surface area (Å²) in [4.78, 5) is 24.6. The lowest BCUT2D eigenvalue weighted by Gasteiger charge is -2.20. The number of amides is 1. The van der Waals surface area contributed by atoms with E-state index in [2.05, 4.69) is 31.3 Å². The Bertz CT molecular complexity index is 1250. The van der Waals surface area contributed by atoms with Gasteiger partial charge in [0, 0.05) is 12.8 Å². The quantitative estimate of drug-likeness (QED) is 0.0320. The lowest BCUT2D eigenvalue weighted by atomic mass is 10.0. The molecule has 2 atom stereocenters. The molecule has 1 amide bonds. The zero-order valence-corrected chi connectivity index (χ0v) is 54.3. The van der Waals surface area contributed by atoms with Gasteiger partial charge in [-0.25, -0.2) is 0 Å². The largest absolute Gasteiger partial charge is 0.466 e. The monoisotopic (exact) mass is 1130 g/mol. The number of allylic oxidation sites excluding steroid dienone is 3. The van der Waals surface area contributed by atoms with E-state index >= 15 is 0 Å². The van der Waals surface area contributed by atoms with E-state index in [9.17, 15) is 19.8 Å². The zero-order valence-electron chi connectivity index (χ0n) is 54.3. The molecule has 0 spiro atoms. The Kier molecular flexibility index (Phi) is 68.4. The van der Waals surface area contributed by atoms with Gasteiger partial charge in [-0.05, 0) is 57.8 Å². The molecule has 6 nitrogen and oxygen atoms in total. The van der Waals surface area contributed by atoms with E-state index in [1.165, 1.54) is 347 Å². The lowest BCUT2D eigenvalue weighted by Crippen LogP contribution is -2.45. The van der Waals surface area contributed by atoms with Crippen molar-refractivity contribution in [1.29, 1.82) is 0 Å². The molecule has 0 rings (SSSR count). The summed E-state index contributed by atoms with van der Waals surface area (Å²) in [7, 11) is 0. The maximum absolute atomic E-state index is 12.5. The van der Waals surface area contributed by atoms with Crippen LogP contribution in [0.15, 0.2) is 24.3 Å². The molecule has 474 valence electrons. The number of rotatable bonds is 69. The highest BCUT2D eigenvalue weighted by molar-refractivity contribution is 5.76. The third-order valence-corrected chi connectivity index (χ3v) is 17.2. The third-order valence-electron chi connectivity index (χ3n) is 17.2. The molecule has 0 saturated carbocycles. The molecule has 0 aliphatic rings. The second-order valence-corrected chi connectivity index (χ2v) is 25.3. The number of hydrogen-bond acceptors (Lipinski definition) is 5. The van der Waals surface area contributed by atoms with Gasteiger partial charge in [0.15, 0.2) is 0 Å². The predicted octanol–water partition coefficient (Wildman–Crippen LogP) is 23.7. The zero-order chi connectivity index (χ0) is 57.8. The third kappa shape index (κ3) is 65.5. The molecule has 0 fully saturated rings. The minimum atomic E-state index is -0.845. The SMILES string of the molecule is CCCCCCCCCCCCCCCCCCCCCC/C=C/C(O)C(CO)NC(=O)CCCCCCCCCCCCCC/C=C\CCCCCCCCCCCCCCOC(=O)CCCCCCCCCCCCCCC. The van der Waals surface area contributed by atoms with Crippen molar-refractivity contribution in [3.63, 3.8) is 0 Å². The molecular formula is C74H143NO5. The average Bonchev–Trinajstić information content (AvgIpc) is 3.46. The van der Waals surface area contributed by atoms with Gasteiger partial charge in [0.2, 0.25) is 5.91 Å². The van der Waals surface area contributed by atoms with Crippen LogP contribution in [0.25, 0.3) is 0 Å². The summed E-state index contributed by atoms with van der Waals surface area (Å²) in [6, 6.07) is -0.629. The molecule has 0 bridgehead atoms. The molecule has 80 heavy (non-hydrogen) atoms. The van der Waals surface area contributed by atoms with Crippen molar-refractivity contribution in [1.82, 2.24) is 5.32 Å². The standard InChI is InChI=1S/C74H143NO5/c1-3-5-7-9-11-13-15-17-18-19-20-21-30-33-36-39-43-46-50-54-58-62-66-72(77)71(70-76)75-73(78)67-63-59-55-51-47-44-40-37-34-31-28-26-24-22-23-25-27-29-32-35-38-41-45-49-53-57-61-65-69-80-74(79)68-64-60-56-52-48-42-16-14-12-10-8-6-4-2/h22-23,62,66,71-72,76-77H,3-21,24-61,63-65,67-70H2,1-2H3,(H,75,78)/b23-22-,66-62+. The first kappa shape index (κ1) is 78.3. The van der Waals surface area contributed by atoms with Crippen molar-refractivity contribution < 1.29 is 24.5 Å². The molecule has 6 heteroatoms. The number of nitrogens with one attached hydrogen (secondary N) is 1. The number of ether oxygens (including phenoxy) is 1. The second kappa shape index (κ2) is 69.8. The van der Waals surface area contributed by atoms with E-state index in [0.29, 0.717) is 19.4 Å². The van der Waals surface area contributed by atoms with Crippen LogP contribution in [0.5, 0.6) is 0 Å². The average molecular weight is 1130 g/mol. The number of esters is 1. The first-order chi connectivity index (χ1) is 39.5. The molecular weight excluding hydrogens is 983 g/mol. The molecule has 0 heterocycles. The van der Waals surface area contributed by atoms with Crippen LogP contribution in [0, 0.1) is 0 Å². The molecule has 0 aliphatic heterocycles. The number of aliphatic hydroxyl groups excluding tert-OH is 2. The molecule has 2 unspecified atom stereocenters. The van der Waals surface area contributed by atoms with Crippen LogP contribution in [0.1, 0.15) is 412 Å². The van der Waals surface area contributed by atoms with Crippen LogP contribution in [-0.2, 0) is 14.3 Å². The molecule has 0 aromatic carbocycles. The Morgan fingerprint density at radius 2 is 0.588 bits per heavy atom. The molecule has 0 aliphatic carbocycles. The summed E-state index contributed by atoms with van der Waals surface area (Å²) in [5.41, 5.74) is 0. The topological polar surface area (TPSA) is 95.9 Å². The number of carbonyl (C=O) groups excluding carboxylic acids is 2. The lowest BCUT2D eigenvalue weighted by molar-refractivity contribution is -0.143. The first-order valence-electron chi connectivity index (χ1n) is 36.6. The Morgan fingerprint density at radius 3 is 0.887 bits per heavy atom. The number of hydrogen-bond donors (Lipinski definition) is 3. The fourth-order valence-corrected chi connectivity index (χ4v) is 11.6. The van der Waals surface area contributed by atoms with Gasteiger partial charge in [0.05, 0.1) is 25.4 Å². The van der Waals surface area contributed by atoms with Crippen molar-refractivity contribution in [2.24, 2.45) is 0 Å². The van der Waals surface area contributed by atoms with E-state index < -0.39 is 12.1 Å². The van der Waals surface area contributed by atoms with Crippen molar-refractivity contribution >= 4 is 11.9 Å². The summed E-state index contributed by atoms with van der Waals surface area (Å²) in [5, 5.41) is 23.3. The maximum atomic E-state index is 12.5. The van der Waals surface area contributed by atoms with Crippen molar-refractivity contribution in [2.75, 3.05) is 13.2 Å². The predicted molar refractivity (Wildman–Crippen MR) is 352 cm³/mol. The van der Waals surface area contributed by atoms with Gasteiger partial charge < -0.3 is 20.3 Å². The highest BCUT2D eigenvalue weighted by Gasteiger charge is 2.18. The van der Waals surface area contributed by atoms with Crippen molar-refractivity contribution in [3.8, 4) is 0 Å². The summed E-state index contributed by atoms with van der Waals surface area (Å²) < 4.78 is 5.49. The highest BCUT2D eigenvalue weighted by atomic mass is 16.5. The Hall–Kier alpha value is -1.66. The highest BCUT2D eigenvalue weighted by Crippen LogP contribution is 2.19. The second-order valence-electron chi connectivity index (χ2n) is 25.3. The Labute approximate surface area is 501 Å². The van der Waals surface area contributed by atoms with E-state index in [0.717, 1.165) is 38.5 Å². The maximum Gasteiger partial charge on any atom is 0.305 e. The van der Waals surface area contributed by atoms with Crippen LogP contribution >= 0.6 is 0 Å². The fourth-order valence-electron chi connectivity index (χ4n) is 11.6. The summed E-state index contributed by atoms with van der Waals surface area (Å²) in [5.74, 6) is -0.0456. The van der Waals surface area contributed by atoms with E-state index in [1.807, 2.05) is 6.08 Å². The van der Waals surface area contributed by atoms with Gasteiger partial charge in [-0.1, -0.05) is 366 Å². The Morgan fingerprint density at radius 1 is 0.338 bits per heavy atom. The van der Waals surface area contributed by atoms with E-state index in [4.69, 9.17) is 4.74 Å². The minimum Gasteiger partial charge on any atom is -0.466 e. The molecule has 0 aromatic heterocycles. The van der Waals surface area contributed by atoms with Gasteiger partial charge in [0.25, 0.3) is 0 Å². The fraction of sp³-hybridized carbons (Fsp3) is 0.919. The van der Waals surface area contributed by atoms with Crippen LogP contribution in [-0.4, -0.2) is 47.4 Å². The summed E-state index contributed by atoms with van der Waals surface area (Å²) in [6.45, 7) is 4.95. The minimum absolute atomic E-state index is 0.0178. The van der Waals surface area contributed by atoms with Crippen molar-refractivity contribution in [3.05, 3.63) is 24.3 Å². The van der Waals surface area contributed by atoms with E-state index in [1.54, 1.807) is 6.08 Å². The number of aliphatic hydroxyl groups is 2. The van der Waals surface area contributed by atoms with Crippen LogP contribution in [0.2, 0.25) is 0 Å². The summed E-state index contributed by atoms with van der Waals surface area (Å²) >= 11 is 0. The van der Waals surface area contributed by atoms with Gasteiger partial charge in [0.1, 0.15) is 0 Å². The first-order valence-corrected chi connectivity index (χ1v) is 36.6. The Balaban J connectivity index is 3.40. The van der Waals surface area contributed by atoms with Gasteiger partial charge in [-0.3, -0.25) is 9.59 Å². The van der Waals surface area contributed by atoms with Crippen molar-refractivity contribution in [2.45, 2.75) is 424 Å². The number of carbonyl (C=O) groups is 2. The van der Waals surface area contributed by atoms with Crippen LogP contribution in [0.4, 0.5) is 0 Å². The van der Waals surface area contributed by atoms with E-state index in [-0.39, 0.29) is 18.5 Å². The van der Waals surface area contributed by atoms with Gasteiger partial charge in [-0.15, -0.1) is 0 Å². The molecule has 3 N–H and O–H groups in total. The molecule has 0 saturated heterocycles. The molecule has 0 radical (unpaired) electrons.